The fraction of sp³-hybridized carbons (Fsp3) is 0.250. The Morgan fingerprint density at radius 1 is 1.26 bits per heavy atom. The van der Waals surface area contributed by atoms with Gasteiger partial charge < -0.3 is 10.4 Å². The van der Waals surface area contributed by atoms with Gasteiger partial charge in [-0.1, -0.05) is 12.1 Å². The first-order valence-electron chi connectivity index (χ1n) is 5.55. The Bertz CT molecular complexity index is 543. The van der Waals surface area contributed by atoms with Crippen LogP contribution in [-0.4, -0.2) is 23.0 Å². The highest BCUT2D eigenvalue weighted by atomic mass is 19.1. The molecule has 1 aliphatic heterocycles. The van der Waals surface area contributed by atoms with E-state index in [0.29, 0.717) is 5.56 Å². The fourth-order valence-electron chi connectivity index (χ4n) is 2.04. The van der Waals surface area contributed by atoms with Gasteiger partial charge in [-0.3, -0.25) is 14.9 Å². The van der Waals surface area contributed by atoms with Gasteiger partial charge in [-0.25, -0.2) is 9.18 Å². The van der Waals surface area contributed by atoms with Gasteiger partial charge in [0.05, 0.1) is 0 Å². The van der Waals surface area contributed by atoms with E-state index in [1.54, 1.807) is 0 Å². The highest BCUT2D eigenvalue weighted by Gasteiger charge is 2.47. The topological polar surface area (TPSA) is 95.5 Å². The number of halogens is 1. The summed E-state index contributed by atoms with van der Waals surface area (Å²) in [6.45, 7) is 0. The molecule has 0 aromatic heterocycles. The molecule has 0 radical (unpaired) electrons. The van der Waals surface area contributed by atoms with Gasteiger partial charge in [0.15, 0.2) is 0 Å². The first-order valence-corrected chi connectivity index (χ1v) is 5.55. The fourth-order valence-corrected chi connectivity index (χ4v) is 2.04. The van der Waals surface area contributed by atoms with Crippen LogP contribution in [0.15, 0.2) is 24.3 Å². The lowest BCUT2D eigenvalue weighted by Crippen LogP contribution is -2.44. The Labute approximate surface area is 107 Å². The van der Waals surface area contributed by atoms with E-state index in [4.69, 9.17) is 5.11 Å². The molecule has 0 saturated carbocycles. The Kier molecular flexibility index (Phi) is 3.20. The number of imide groups is 1. The van der Waals surface area contributed by atoms with Crippen molar-refractivity contribution in [1.29, 1.82) is 0 Å². The molecule has 1 heterocycles. The van der Waals surface area contributed by atoms with Crippen LogP contribution in [0, 0.1) is 5.82 Å². The molecule has 0 bridgehead atoms. The minimum atomic E-state index is -1.46. The van der Waals surface area contributed by atoms with Crippen LogP contribution in [0.3, 0.4) is 0 Å². The van der Waals surface area contributed by atoms with Crippen molar-refractivity contribution in [2.45, 2.75) is 18.4 Å². The molecule has 2 rings (SSSR count). The summed E-state index contributed by atoms with van der Waals surface area (Å²) < 4.78 is 12.9. The van der Waals surface area contributed by atoms with E-state index >= 15 is 0 Å². The molecule has 1 aromatic carbocycles. The third kappa shape index (κ3) is 2.40. The minimum absolute atomic E-state index is 0.106. The Balaban J connectivity index is 2.39. The van der Waals surface area contributed by atoms with Crippen molar-refractivity contribution in [3.05, 3.63) is 35.6 Å². The van der Waals surface area contributed by atoms with Crippen LogP contribution in [-0.2, 0) is 15.1 Å². The van der Waals surface area contributed by atoms with Crippen LogP contribution in [0.5, 0.6) is 0 Å². The van der Waals surface area contributed by atoms with Crippen LogP contribution < -0.4 is 10.6 Å². The molecule has 19 heavy (non-hydrogen) atoms. The Morgan fingerprint density at radius 2 is 1.89 bits per heavy atom. The molecular formula is C12H11FN2O4. The number of carbonyl (C=O) groups is 3. The van der Waals surface area contributed by atoms with Gasteiger partial charge in [0.1, 0.15) is 11.4 Å². The number of carbonyl (C=O) groups excluding carboxylic acids is 2. The van der Waals surface area contributed by atoms with Gasteiger partial charge >= 0.3 is 12.0 Å². The second-order valence-electron chi connectivity index (χ2n) is 4.21. The lowest BCUT2D eigenvalue weighted by molar-refractivity contribution is -0.137. The van der Waals surface area contributed by atoms with E-state index in [1.807, 2.05) is 0 Å². The number of hydrogen-bond donors (Lipinski definition) is 3. The van der Waals surface area contributed by atoms with E-state index < -0.39 is 29.3 Å². The molecule has 6 nitrogen and oxygen atoms in total. The first-order chi connectivity index (χ1) is 8.94. The van der Waals surface area contributed by atoms with Crippen LogP contribution >= 0.6 is 0 Å². The van der Waals surface area contributed by atoms with E-state index in [1.165, 1.54) is 12.1 Å². The van der Waals surface area contributed by atoms with Crippen molar-refractivity contribution >= 4 is 17.9 Å². The number of nitrogens with one attached hydrogen (secondary N) is 2. The molecule has 3 amide bonds. The van der Waals surface area contributed by atoms with Crippen molar-refractivity contribution in [1.82, 2.24) is 10.6 Å². The minimum Gasteiger partial charge on any atom is -0.481 e. The summed E-state index contributed by atoms with van der Waals surface area (Å²) in [7, 11) is 0. The monoisotopic (exact) mass is 266 g/mol. The number of aliphatic carboxylic acids is 1. The third-order valence-corrected chi connectivity index (χ3v) is 2.99. The number of urea groups is 1. The molecule has 1 saturated heterocycles. The summed E-state index contributed by atoms with van der Waals surface area (Å²) in [5.41, 5.74) is -1.11. The van der Waals surface area contributed by atoms with Gasteiger partial charge in [-0.2, -0.15) is 0 Å². The van der Waals surface area contributed by atoms with Crippen molar-refractivity contribution in [2.24, 2.45) is 0 Å². The van der Waals surface area contributed by atoms with Gasteiger partial charge in [0, 0.05) is 6.42 Å². The zero-order valence-corrected chi connectivity index (χ0v) is 9.77. The molecular weight excluding hydrogens is 255 g/mol. The summed E-state index contributed by atoms with van der Waals surface area (Å²) in [6, 6.07) is 4.30. The summed E-state index contributed by atoms with van der Waals surface area (Å²) in [5, 5.41) is 13.2. The van der Waals surface area contributed by atoms with E-state index in [9.17, 15) is 18.8 Å². The van der Waals surface area contributed by atoms with Gasteiger partial charge in [-0.05, 0) is 24.1 Å². The number of carboxylic acids is 1. The predicted octanol–water partition coefficient (Wildman–Crippen LogP) is 0.725. The molecule has 0 unspecified atom stereocenters. The molecule has 0 aliphatic carbocycles. The third-order valence-electron chi connectivity index (χ3n) is 2.99. The number of carboxylic acid groups (broad SMARTS) is 1. The average molecular weight is 266 g/mol. The number of hydrogen-bond acceptors (Lipinski definition) is 3. The second kappa shape index (κ2) is 4.68. The summed E-state index contributed by atoms with van der Waals surface area (Å²) >= 11 is 0. The molecule has 1 aliphatic rings. The van der Waals surface area contributed by atoms with Crippen LogP contribution in [0.25, 0.3) is 0 Å². The maximum Gasteiger partial charge on any atom is 0.322 e. The van der Waals surface area contributed by atoms with Gasteiger partial charge in [0.25, 0.3) is 5.91 Å². The van der Waals surface area contributed by atoms with Crippen molar-refractivity contribution in [3.8, 4) is 0 Å². The smallest absolute Gasteiger partial charge is 0.322 e. The van der Waals surface area contributed by atoms with E-state index in [0.717, 1.165) is 12.1 Å². The summed E-state index contributed by atoms with van der Waals surface area (Å²) in [6.07, 6.45) is -0.406. The van der Waals surface area contributed by atoms with Crippen molar-refractivity contribution < 1.29 is 23.9 Å². The zero-order valence-electron chi connectivity index (χ0n) is 9.77. The van der Waals surface area contributed by atoms with E-state index in [-0.39, 0.29) is 12.8 Å². The molecule has 1 fully saturated rings. The molecule has 3 N–H and O–H groups in total. The molecule has 100 valence electrons. The highest BCUT2D eigenvalue weighted by molar-refractivity contribution is 6.07. The number of amides is 3. The first kappa shape index (κ1) is 13.0. The predicted molar refractivity (Wildman–Crippen MR) is 61.6 cm³/mol. The largest absolute Gasteiger partial charge is 0.481 e. The molecule has 1 aromatic rings. The molecule has 0 spiro atoms. The summed E-state index contributed by atoms with van der Waals surface area (Å²) in [4.78, 5) is 33.9. The lowest BCUT2D eigenvalue weighted by atomic mass is 9.85. The van der Waals surface area contributed by atoms with E-state index in [2.05, 4.69) is 10.6 Å². The average Bonchev–Trinajstić information content (AvgIpc) is 2.63. The lowest BCUT2D eigenvalue weighted by Gasteiger charge is -2.25. The Hall–Kier alpha value is -2.44. The zero-order chi connectivity index (χ0) is 14.0. The molecule has 1 atom stereocenters. The number of rotatable bonds is 4. The van der Waals surface area contributed by atoms with Crippen molar-refractivity contribution in [2.75, 3.05) is 0 Å². The quantitative estimate of drug-likeness (QED) is 0.700. The van der Waals surface area contributed by atoms with Crippen LogP contribution in [0.1, 0.15) is 18.4 Å². The maximum absolute atomic E-state index is 12.9. The number of benzene rings is 1. The van der Waals surface area contributed by atoms with Crippen LogP contribution in [0.4, 0.5) is 9.18 Å². The van der Waals surface area contributed by atoms with Crippen molar-refractivity contribution in [3.63, 3.8) is 0 Å². The van der Waals surface area contributed by atoms with Gasteiger partial charge in [-0.15, -0.1) is 0 Å². The molecule has 7 heteroatoms. The normalized spacial score (nSPS) is 21.9. The second-order valence-corrected chi connectivity index (χ2v) is 4.21. The SMILES string of the molecule is O=C(O)CC[C@]1(c2ccc(F)cc2)NC(=O)NC1=O. The highest BCUT2D eigenvalue weighted by Crippen LogP contribution is 2.30. The maximum atomic E-state index is 12.9. The van der Waals surface area contributed by atoms with Gasteiger partial charge in [0.2, 0.25) is 0 Å². The summed E-state index contributed by atoms with van der Waals surface area (Å²) in [5.74, 6) is -2.21. The Morgan fingerprint density at radius 3 is 2.37 bits per heavy atom. The standard InChI is InChI=1S/C12H11FN2O4/c13-8-3-1-7(2-4-8)12(6-5-9(16)17)10(18)14-11(19)15-12/h1-4H,5-6H2,(H,16,17)(H2,14,15,18,19)/t12-/m1/s1. The van der Waals surface area contributed by atoms with Crippen LogP contribution in [0.2, 0.25) is 0 Å².